The summed E-state index contributed by atoms with van der Waals surface area (Å²) in [7, 11) is -1.08. The second-order valence-corrected chi connectivity index (χ2v) is 9.56. The molecule has 3 nitrogen and oxygen atoms in total. The maximum absolute atomic E-state index is 11.9. The fourth-order valence-electron chi connectivity index (χ4n) is 3.53. The van der Waals surface area contributed by atoms with Crippen LogP contribution in [0.5, 0.6) is 0 Å². The van der Waals surface area contributed by atoms with Crippen molar-refractivity contribution in [2.24, 2.45) is 0 Å². The largest absolute Gasteiger partial charge is 0.301 e. The van der Waals surface area contributed by atoms with E-state index in [0.717, 1.165) is 18.7 Å². The molecule has 2 heterocycles. The smallest absolute Gasteiger partial charge is 0.175 e. The highest BCUT2D eigenvalue weighted by Crippen LogP contribution is 2.36. The molecule has 124 valence electrons. The van der Waals surface area contributed by atoms with E-state index in [1.807, 2.05) is 12.1 Å². The van der Waals surface area contributed by atoms with Gasteiger partial charge >= 0.3 is 0 Å². The number of nitrogens with zero attached hydrogens (tertiary/aromatic N) is 1. The molecule has 2 aromatic carbocycles. The van der Waals surface area contributed by atoms with Crippen LogP contribution in [0.25, 0.3) is 10.1 Å². The maximum Gasteiger partial charge on any atom is 0.175 e. The molecule has 0 spiro atoms. The quantitative estimate of drug-likeness (QED) is 0.698. The zero-order valence-electron chi connectivity index (χ0n) is 13.7. The third-order valence-electron chi connectivity index (χ3n) is 4.74. The van der Waals surface area contributed by atoms with Gasteiger partial charge < -0.3 is 4.90 Å². The van der Waals surface area contributed by atoms with Gasteiger partial charge in [-0.2, -0.15) is 0 Å². The molecule has 1 aromatic heterocycles. The van der Waals surface area contributed by atoms with Gasteiger partial charge in [-0.05, 0) is 58.8 Å². The zero-order valence-corrected chi connectivity index (χ0v) is 15.3. The fourth-order valence-corrected chi connectivity index (χ4v) is 5.04. The van der Waals surface area contributed by atoms with E-state index in [9.17, 15) is 8.42 Å². The van der Waals surface area contributed by atoms with Crippen molar-refractivity contribution in [2.75, 3.05) is 19.8 Å². The van der Waals surface area contributed by atoms with E-state index in [0.29, 0.717) is 4.90 Å². The Balaban J connectivity index is 1.83. The van der Waals surface area contributed by atoms with E-state index >= 15 is 0 Å². The molecule has 0 amide bonds. The standard InChI is InChI=1S/C19H19NO2S2/c1-20-11-15-9-16(24(2,21)22)5-6-17(15)18(12-20)14-4-3-13-7-8-23-19(13)10-14/h3-10,18H,11-12H2,1-2H3. The highest BCUT2D eigenvalue weighted by Gasteiger charge is 2.26. The Morgan fingerprint density at radius 3 is 2.75 bits per heavy atom. The SMILES string of the molecule is CN1Cc2cc(S(C)(=O)=O)ccc2C(c2ccc3ccsc3c2)C1. The first-order valence-corrected chi connectivity index (χ1v) is 10.7. The van der Waals surface area contributed by atoms with E-state index in [4.69, 9.17) is 0 Å². The third kappa shape index (κ3) is 2.77. The lowest BCUT2D eigenvalue weighted by Gasteiger charge is -2.33. The molecule has 24 heavy (non-hydrogen) atoms. The number of benzene rings is 2. The molecule has 1 unspecified atom stereocenters. The van der Waals surface area contributed by atoms with Crippen LogP contribution in [0.15, 0.2) is 52.7 Å². The molecule has 0 N–H and O–H groups in total. The van der Waals surface area contributed by atoms with Gasteiger partial charge in [-0.15, -0.1) is 11.3 Å². The van der Waals surface area contributed by atoms with Crippen molar-refractivity contribution in [3.63, 3.8) is 0 Å². The maximum atomic E-state index is 11.9. The highest BCUT2D eigenvalue weighted by molar-refractivity contribution is 7.90. The zero-order chi connectivity index (χ0) is 16.9. The number of rotatable bonds is 2. The fraction of sp³-hybridized carbons (Fsp3) is 0.263. The van der Waals surface area contributed by atoms with Gasteiger partial charge in [-0.25, -0.2) is 8.42 Å². The average Bonchev–Trinajstić information content (AvgIpc) is 3.00. The molecule has 0 aliphatic carbocycles. The molecule has 1 aliphatic heterocycles. The Labute approximate surface area is 146 Å². The van der Waals surface area contributed by atoms with Crippen molar-refractivity contribution in [3.05, 3.63) is 64.5 Å². The van der Waals surface area contributed by atoms with Crippen LogP contribution in [0.2, 0.25) is 0 Å². The summed E-state index contributed by atoms with van der Waals surface area (Å²) in [6.45, 7) is 1.73. The summed E-state index contributed by atoms with van der Waals surface area (Å²) in [5, 5.41) is 3.40. The summed E-state index contributed by atoms with van der Waals surface area (Å²) in [4.78, 5) is 2.67. The van der Waals surface area contributed by atoms with Crippen LogP contribution in [-0.2, 0) is 16.4 Å². The molecule has 0 saturated carbocycles. The topological polar surface area (TPSA) is 37.4 Å². The summed E-state index contributed by atoms with van der Waals surface area (Å²) in [5.74, 6) is 0.277. The van der Waals surface area contributed by atoms with Gasteiger partial charge in [0.1, 0.15) is 0 Å². The summed E-state index contributed by atoms with van der Waals surface area (Å²) >= 11 is 1.76. The monoisotopic (exact) mass is 357 g/mol. The Morgan fingerprint density at radius 2 is 1.96 bits per heavy atom. The van der Waals surface area contributed by atoms with E-state index in [-0.39, 0.29) is 5.92 Å². The van der Waals surface area contributed by atoms with Crippen LogP contribution in [-0.4, -0.2) is 33.2 Å². The van der Waals surface area contributed by atoms with Gasteiger partial charge in [0.25, 0.3) is 0 Å². The second-order valence-electron chi connectivity index (χ2n) is 6.60. The summed E-state index contributed by atoms with van der Waals surface area (Å²) in [5.41, 5.74) is 3.66. The molecule has 3 aromatic rings. The van der Waals surface area contributed by atoms with E-state index in [2.05, 4.69) is 41.6 Å². The lowest BCUT2D eigenvalue weighted by molar-refractivity contribution is 0.295. The third-order valence-corrected chi connectivity index (χ3v) is 6.73. The minimum atomic E-state index is -3.17. The number of hydrogen-bond donors (Lipinski definition) is 0. The van der Waals surface area contributed by atoms with Crippen molar-refractivity contribution in [1.82, 2.24) is 4.90 Å². The van der Waals surface area contributed by atoms with Gasteiger partial charge in [0.15, 0.2) is 9.84 Å². The van der Waals surface area contributed by atoms with Gasteiger partial charge in [-0.1, -0.05) is 18.2 Å². The first kappa shape index (κ1) is 15.8. The molecule has 1 atom stereocenters. The number of hydrogen-bond acceptors (Lipinski definition) is 4. The first-order valence-electron chi connectivity index (χ1n) is 7.90. The number of fused-ring (bicyclic) bond motifs is 2. The van der Waals surface area contributed by atoms with Gasteiger partial charge in [0.05, 0.1) is 4.90 Å². The molecule has 5 heteroatoms. The predicted octanol–water partition coefficient (Wildman–Crippen LogP) is 3.88. The molecule has 0 fully saturated rings. The van der Waals surface area contributed by atoms with Crippen LogP contribution in [0.1, 0.15) is 22.6 Å². The summed E-state index contributed by atoms with van der Waals surface area (Å²) in [6, 6.07) is 14.4. The lowest BCUT2D eigenvalue weighted by atomic mass is 9.85. The molecule has 1 aliphatic rings. The van der Waals surface area contributed by atoms with Gasteiger partial charge in [0.2, 0.25) is 0 Å². The Kier molecular flexibility index (Phi) is 3.75. The Bertz CT molecular complexity index is 1020. The molecular weight excluding hydrogens is 338 g/mol. The van der Waals surface area contributed by atoms with E-state index < -0.39 is 9.84 Å². The van der Waals surface area contributed by atoms with Crippen molar-refractivity contribution in [3.8, 4) is 0 Å². The van der Waals surface area contributed by atoms with Gasteiger partial charge in [-0.3, -0.25) is 0 Å². The predicted molar refractivity (Wildman–Crippen MR) is 99.6 cm³/mol. The number of sulfone groups is 1. The molecule has 4 rings (SSSR count). The van der Waals surface area contributed by atoms with Crippen molar-refractivity contribution < 1.29 is 8.42 Å². The van der Waals surface area contributed by atoms with Crippen molar-refractivity contribution in [2.45, 2.75) is 17.4 Å². The number of thiophene rings is 1. The summed E-state index contributed by atoms with van der Waals surface area (Å²) in [6.07, 6.45) is 1.27. The van der Waals surface area contributed by atoms with Crippen LogP contribution >= 0.6 is 11.3 Å². The Hall–Kier alpha value is -1.69. The van der Waals surface area contributed by atoms with Crippen LogP contribution in [0.4, 0.5) is 0 Å². The van der Waals surface area contributed by atoms with E-state index in [1.165, 1.54) is 27.5 Å². The van der Waals surface area contributed by atoms with E-state index in [1.54, 1.807) is 17.4 Å². The minimum Gasteiger partial charge on any atom is -0.301 e. The van der Waals surface area contributed by atoms with Crippen LogP contribution in [0.3, 0.4) is 0 Å². The highest BCUT2D eigenvalue weighted by atomic mass is 32.2. The van der Waals surface area contributed by atoms with Crippen LogP contribution < -0.4 is 0 Å². The average molecular weight is 358 g/mol. The van der Waals surface area contributed by atoms with Gasteiger partial charge in [0, 0.05) is 30.0 Å². The lowest BCUT2D eigenvalue weighted by Crippen LogP contribution is -2.31. The first-order chi connectivity index (χ1) is 11.4. The molecule has 0 radical (unpaired) electrons. The van der Waals surface area contributed by atoms with Crippen molar-refractivity contribution in [1.29, 1.82) is 0 Å². The minimum absolute atomic E-state index is 0.277. The molecule has 0 bridgehead atoms. The molecular formula is C19H19NO2S2. The van der Waals surface area contributed by atoms with Crippen molar-refractivity contribution >= 4 is 31.3 Å². The second kappa shape index (κ2) is 5.69. The normalized spacial score (nSPS) is 18.7. The number of likely N-dealkylation sites (N-methyl/N-ethyl adjacent to an activating group) is 1. The Morgan fingerprint density at radius 1 is 1.12 bits per heavy atom. The summed E-state index contributed by atoms with van der Waals surface area (Å²) < 4.78 is 25.0. The molecule has 0 saturated heterocycles. The van der Waals surface area contributed by atoms with Crippen LogP contribution in [0, 0.1) is 0 Å².